The van der Waals surface area contributed by atoms with E-state index in [1.54, 1.807) is 0 Å². The van der Waals surface area contributed by atoms with E-state index >= 15 is 0 Å². The highest BCUT2D eigenvalue weighted by Gasteiger charge is 2.28. The van der Waals surface area contributed by atoms with E-state index in [1.165, 1.54) is 6.26 Å². The van der Waals surface area contributed by atoms with E-state index in [1.807, 2.05) is 0 Å². The van der Waals surface area contributed by atoms with E-state index in [0.29, 0.717) is 23.8 Å². The fourth-order valence-electron chi connectivity index (χ4n) is 2.62. The molecule has 1 rings (SSSR count). The summed E-state index contributed by atoms with van der Waals surface area (Å²) in [7, 11) is -2.82. The molecule has 0 aromatic heterocycles. The molecule has 0 bridgehead atoms. The monoisotopic (exact) mass is 276 g/mol. The number of nitrogens with zero attached hydrogens (tertiary/aromatic N) is 1. The molecular weight excluding hydrogens is 248 g/mol. The van der Waals surface area contributed by atoms with Crippen LogP contribution < -0.4 is 5.32 Å². The molecule has 1 fully saturated rings. The van der Waals surface area contributed by atoms with Crippen LogP contribution in [0, 0.1) is 5.92 Å². The van der Waals surface area contributed by atoms with Gasteiger partial charge in [0.15, 0.2) is 0 Å². The van der Waals surface area contributed by atoms with E-state index < -0.39 is 9.84 Å². The van der Waals surface area contributed by atoms with Gasteiger partial charge in [0.2, 0.25) is 0 Å². The van der Waals surface area contributed by atoms with Crippen LogP contribution >= 0.6 is 0 Å². The van der Waals surface area contributed by atoms with Crippen molar-refractivity contribution < 1.29 is 8.42 Å². The highest BCUT2D eigenvalue weighted by molar-refractivity contribution is 7.90. The number of rotatable bonds is 6. The lowest BCUT2D eigenvalue weighted by molar-refractivity contribution is 0.0976. The third-order valence-corrected chi connectivity index (χ3v) is 4.79. The van der Waals surface area contributed by atoms with Crippen LogP contribution in [0.25, 0.3) is 0 Å². The molecule has 0 saturated carbocycles. The molecule has 18 heavy (non-hydrogen) atoms. The second-order valence-electron chi connectivity index (χ2n) is 5.80. The lowest BCUT2D eigenvalue weighted by Crippen LogP contribution is -2.58. The third-order valence-electron chi connectivity index (χ3n) is 3.76. The van der Waals surface area contributed by atoms with Crippen LogP contribution in [0.3, 0.4) is 0 Å². The standard InChI is InChI=1S/C13H28N2O2S/c1-5-12-10-15(7-6-8-18(4,16)17)13(9-14-12)11(2)3/h11-14H,5-10H2,1-4H3. The summed E-state index contributed by atoms with van der Waals surface area (Å²) in [6, 6.07) is 1.09. The Balaban J connectivity index is 2.50. The Labute approximate surface area is 112 Å². The van der Waals surface area contributed by atoms with Crippen LogP contribution in [0.4, 0.5) is 0 Å². The number of piperazine rings is 1. The van der Waals surface area contributed by atoms with E-state index in [9.17, 15) is 8.42 Å². The zero-order valence-corrected chi connectivity index (χ0v) is 13.0. The minimum absolute atomic E-state index is 0.304. The predicted octanol–water partition coefficient (Wildman–Crippen LogP) is 1.13. The van der Waals surface area contributed by atoms with Crippen LogP contribution in [0.1, 0.15) is 33.6 Å². The lowest BCUT2D eigenvalue weighted by Gasteiger charge is -2.42. The molecule has 1 saturated heterocycles. The summed E-state index contributed by atoms with van der Waals surface area (Å²) < 4.78 is 22.4. The van der Waals surface area contributed by atoms with Crippen LogP contribution in [-0.4, -0.2) is 57.0 Å². The number of hydrogen-bond acceptors (Lipinski definition) is 4. The molecule has 0 amide bonds. The van der Waals surface area contributed by atoms with Crippen molar-refractivity contribution in [2.45, 2.75) is 45.7 Å². The number of hydrogen-bond donors (Lipinski definition) is 1. The largest absolute Gasteiger partial charge is 0.311 e. The Kier molecular flexibility index (Phi) is 6.08. The van der Waals surface area contributed by atoms with E-state index in [0.717, 1.165) is 32.5 Å². The maximum absolute atomic E-state index is 11.2. The summed E-state index contributed by atoms with van der Waals surface area (Å²) in [6.07, 6.45) is 3.20. The molecule has 1 heterocycles. The van der Waals surface area contributed by atoms with Gasteiger partial charge in [0.1, 0.15) is 9.84 Å². The van der Waals surface area contributed by atoms with Crippen molar-refractivity contribution in [2.24, 2.45) is 5.92 Å². The van der Waals surface area contributed by atoms with Crippen molar-refractivity contribution in [3.05, 3.63) is 0 Å². The second-order valence-corrected chi connectivity index (χ2v) is 8.06. The Hall–Kier alpha value is -0.130. The van der Waals surface area contributed by atoms with Gasteiger partial charge in [-0.2, -0.15) is 0 Å². The van der Waals surface area contributed by atoms with Crippen molar-refractivity contribution >= 4 is 9.84 Å². The highest BCUT2D eigenvalue weighted by Crippen LogP contribution is 2.16. The molecule has 0 aromatic carbocycles. The van der Waals surface area contributed by atoms with Gasteiger partial charge in [-0.05, 0) is 25.3 Å². The summed E-state index contributed by atoms with van der Waals surface area (Å²) >= 11 is 0. The predicted molar refractivity (Wildman–Crippen MR) is 76.6 cm³/mol. The maximum atomic E-state index is 11.2. The third kappa shape index (κ3) is 5.24. The summed E-state index contributed by atoms with van der Waals surface area (Å²) in [5.74, 6) is 0.909. The first kappa shape index (κ1) is 15.9. The van der Waals surface area contributed by atoms with Crippen LogP contribution in [0.5, 0.6) is 0 Å². The Morgan fingerprint density at radius 2 is 2.06 bits per heavy atom. The van der Waals surface area contributed by atoms with E-state index in [-0.39, 0.29) is 0 Å². The Bertz CT molecular complexity index is 341. The molecule has 2 unspecified atom stereocenters. The van der Waals surface area contributed by atoms with Crippen molar-refractivity contribution in [2.75, 3.05) is 31.6 Å². The fourth-order valence-corrected chi connectivity index (χ4v) is 3.27. The van der Waals surface area contributed by atoms with Crippen LogP contribution in [0.15, 0.2) is 0 Å². The summed E-state index contributed by atoms with van der Waals surface area (Å²) in [5.41, 5.74) is 0. The number of nitrogens with one attached hydrogen (secondary N) is 1. The van der Waals surface area contributed by atoms with Gasteiger partial charge in [0.05, 0.1) is 5.75 Å². The molecule has 4 nitrogen and oxygen atoms in total. The Morgan fingerprint density at radius 1 is 1.39 bits per heavy atom. The first-order chi connectivity index (χ1) is 8.33. The minimum Gasteiger partial charge on any atom is -0.311 e. The molecule has 0 aromatic rings. The van der Waals surface area contributed by atoms with Crippen molar-refractivity contribution in [3.63, 3.8) is 0 Å². The summed E-state index contributed by atoms with van der Waals surface area (Å²) in [4.78, 5) is 2.47. The second kappa shape index (κ2) is 6.87. The van der Waals surface area contributed by atoms with Gasteiger partial charge in [-0.15, -0.1) is 0 Å². The lowest BCUT2D eigenvalue weighted by atomic mass is 9.97. The molecule has 0 radical (unpaired) electrons. The quantitative estimate of drug-likeness (QED) is 0.790. The van der Waals surface area contributed by atoms with Gasteiger partial charge in [0.25, 0.3) is 0 Å². The molecule has 108 valence electrons. The number of sulfone groups is 1. The zero-order valence-electron chi connectivity index (χ0n) is 12.1. The molecule has 1 N–H and O–H groups in total. The first-order valence-corrected chi connectivity index (χ1v) is 9.04. The molecule has 5 heteroatoms. The van der Waals surface area contributed by atoms with E-state index in [4.69, 9.17) is 0 Å². The zero-order chi connectivity index (χ0) is 13.8. The van der Waals surface area contributed by atoms with Gasteiger partial charge >= 0.3 is 0 Å². The van der Waals surface area contributed by atoms with Crippen LogP contribution in [-0.2, 0) is 9.84 Å². The molecule has 1 aliphatic heterocycles. The van der Waals surface area contributed by atoms with Gasteiger partial charge in [-0.3, -0.25) is 4.90 Å². The van der Waals surface area contributed by atoms with Crippen molar-refractivity contribution in [1.29, 1.82) is 0 Å². The van der Waals surface area contributed by atoms with Gasteiger partial charge < -0.3 is 5.32 Å². The van der Waals surface area contributed by atoms with Gasteiger partial charge in [0, 0.05) is 31.4 Å². The normalized spacial score (nSPS) is 26.7. The van der Waals surface area contributed by atoms with E-state index in [2.05, 4.69) is 31.0 Å². The maximum Gasteiger partial charge on any atom is 0.147 e. The first-order valence-electron chi connectivity index (χ1n) is 6.98. The smallest absolute Gasteiger partial charge is 0.147 e. The topological polar surface area (TPSA) is 49.4 Å². The summed E-state index contributed by atoms with van der Waals surface area (Å²) in [6.45, 7) is 9.64. The molecule has 2 atom stereocenters. The van der Waals surface area contributed by atoms with Crippen LogP contribution in [0.2, 0.25) is 0 Å². The van der Waals surface area contributed by atoms with Gasteiger partial charge in [-0.1, -0.05) is 20.8 Å². The van der Waals surface area contributed by atoms with Crippen molar-refractivity contribution in [3.8, 4) is 0 Å². The molecule has 1 aliphatic rings. The molecule has 0 aliphatic carbocycles. The average molecular weight is 276 g/mol. The molecular formula is C13H28N2O2S. The van der Waals surface area contributed by atoms with Crippen molar-refractivity contribution in [1.82, 2.24) is 10.2 Å². The highest BCUT2D eigenvalue weighted by atomic mass is 32.2. The van der Waals surface area contributed by atoms with Gasteiger partial charge in [-0.25, -0.2) is 8.42 Å². The molecule has 0 spiro atoms. The fraction of sp³-hybridized carbons (Fsp3) is 1.00. The minimum atomic E-state index is -2.82. The Morgan fingerprint density at radius 3 is 2.56 bits per heavy atom. The summed E-state index contributed by atoms with van der Waals surface area (Å²) in [5, 5.41) is 3.58. The SMILES string of the molecule is CCC1CN(CCCS(C)(=O)=O)C(C(C)C)CN1. The average Bonchev–Trinajstić information content (AvgIpc) is 2.26.